The van der Waals surface area contributed by atoms with Gasteiger partial charge in [-0.1, -0.05) is 79.5 Å². The predicted octanol–water partition coefficient (Wildman–Crippen LogP) is 10.2. The van der Waals surface area contributed by atoms with Gasteiger partial charge in [0, 0.05) is 44.1 Å². The van der Waals surface area contributed by atoms with E-state index >= 15 is 0 Å². The molecule has 3 aromatic rings. The maximum atomic E-state index is 14.1. The van der Waals surface area contributed by atoms with Crippen LogP contribution in [0.3, 0.4) is 0 Å². The lowest BCUT2D eigenvalue weighted by atomic mass is 9.55. The number of benzene rings is 3. The topological polar surface area (TPSA) is 129 Å². The standard InChI is InChI=1S/C50H64N2O9/c1-4-27-52(49(55)56-6-3)45-34-43(51-61-46-20-12-15-31-57-46)41-32-37(18-10-13-28-53)40(19-11-14-29-54)47-42-33-39(25-26-44(42)60-50(45,48(41)47)58-30-5-2)59-38-23-21-36(22-24-38)35-16-8-7-9-17-35/h5,7-9,16-17,21-26,32-33,37,40,45-48,53-54H,2,4,6,10-15,18-20,27-31,34H2,1,3H3. The lowest BCUT2D eigenvalue weighted by molar-refractivity contribution is -0.255. The normalized spacial score (nSPS) is 26.0. The number of carbonyl (C=O) groups is 1. The summed E-state index contributed by atoms with van der Waals surface area (Å²) in [7, 11) is 0. The van der Waals surface area contributed by atoms with Gasteiger partial charge in [0.2, 0.25) is 12.1 Å². The molecular formula is C50H64N2O9. The van der Waals surface area contributed by atoms with Crippen molar-refractivity contribution in [2.75, 3.05) is 39.6 Å². The molecule has 7 atom stereocenters. The van der Waals surface area contributed by atoms with Crippen molar-refractivity contribution in [1.29, 1.82) is 0 Å². The highest BCUT2D eigenvalue weighted by molar-refractivity contribution is 6.03. The number of hydrogen-bond acceptors (Lipinski definition) is 10. The molecule has 4 aliphatic rings. The second-order valence-corrected chi connectivity index (χ2v) is 16.6. The first-order valence-corrected chi connectivity index (χ1v) is 22.6. The fourth-order valence-corrected chi connectivity index (χ4v) is 9.93. The van der Waals surface area contributed by atoms with Crippen molar-refractivity contribution in [3.63, 3.8) is 0 Å². The lowest BCUT2D eigenvalue weighted by Gasteiger charge is -2.59. The Balaban J connectivity index is 1.39. The van der Waals surface area contributed by atoms with Crippen molar-refractivity contribution in [3.8, 4) is 28.4 Å². The van der Waals surface area contributed by atoms with E-state index in [9.17, 15) is 15.0 Å². The summed E-state index contributed by atoms with van der Waals surface area (Å²) in [4.78, 5) is 22.1. The zero-order valence-corrected chi connectivity index (χ0v) is 35.9. The van der Waals surface area contributed by atoms with Crippen LogP contribution in [-0.4, -0.2) is 84.6 Å². The molecule has 328 valence electrons. The SMILES string of the molecule is C=CCOC12Oc3ccc(Oc4ccc(-c5ccccc5)cc4)cc3C3C(CCCCO)C(CCCCO)C=C(C(=NOC4CCCCO4)CC1N(CCC)C(=O)OCC)C32. The third-order valence-electron chi connectivity index (χ3n) is 12.6. The number of aliphatic hydroxyl groups excluding tert-OH is 2. The molecule has 2 fully saturated rings. The van der Waals surface area contributed by atoms with Crippen molar-refractivity contribution < 1.29 is 43.5 Å². The molecule has 1 saturated carbocycles. The van der Waals surface area contributed by atoms with Gasteiger partial charge in [0.25, 0.3) is 0 Å². The summed E-state index contributed by atoms with van der Waals surface area (Å²) < 4.78 is 32.7. The molecule has 3 aromatic carbocycles. The Morgan fingerprint density at radius 2 is 1.70 bits per heavy atom. The first kappa shape index (κ1) is 44.4. The summed E-state index contributed by atoms with van der Waals surface area (Å²) in [5, 5.41) is 24.8. The number of allylic oxidation sites excluding steroid dienone is 1. The third-order valence-corrected chi connectivity index (χ3v) is 12.6. The summed E-state index contributed by atoms with van der Waals surface area (Å²) in [5.41, 5.74) is 4.93. The summed E-state index contributed by atoms with van der Waals surface area (Å²) >= 11 is 0. The van der Waals surface area contributed by atoms with Crippen LogP contribution in [0.2, 0.25) is 0 Å². The van der Waals surface area contributed by atoms with Gasteiger partial charge in [-0.15, -0.1) is 6.58 Å². The van der Waals surface area contributed by atoms with Gasteiger partial charge < -0.3 is 38.7 Å². The first-order valence-electron chi connectivity index (χ1n) is 22.6. The summed E-state index contributed by atoms with van der Waals surface area (Å²) in [6.45, 7) is 9.55. The van der Waals surface area contributed by atoms with Crippen LogP contribution in [0.25, 0.3) is 11.1 Å². The molecule has 2 N–H and O–H groups in total. The van der Waals surface area contributed by atoms with Crippen LogP contribution in [0.5, 0.6) is 17.2 Å². The highest BCUT2D eigenvalue weighted by Gasteiger charge is 2.65. The molecule has 2 heterocycles. The molecule has 7 unspecified atom stereocenters. The van der Waals surface area contributed by atoms with E-state index in [0.717, 1.165) is 72.9 Å². The molecule has 1 amide bonds. The Labute approximate surface area is 361 Å². The minimum atomic E-state index is -1.36. The second-order valence-electron chi connectivity index (χ2n) is 16.6. The molecule has 0 spiro atoms. The average molecular weight is 837 g/mol. The Kier molecular flexibility index (Phi) is 15.6. The molecule has 2 aliphatic heterocycles. The molecule has 0 aromatic heterocycles. The average Bonchev–Trinajstić information content (AvgIpc) is 3.29. The van der Waals surface area contributed by atoms with Crippen LogP contribution in [0.1, 0.15) is 96.0 Å². The van der Waals surface area contributed by atoms with E-state index in [1.807, 2.05) is 56.3 Å². The van der Waals surface area contributed by atoms with E-state index in [-0.39, 0.29) is 44.2 Å². The maximum absolute atomic E-state index is 14.1. The van der Waals surface area contributed by atoms with E-state index in [1.165, 1.54) is 0 Å². The van der Waals surface area contributed by atoms with Gasteiger partial charge in [0.1, 0.15) is 23.3 Å². The van der Waals surface area contributed by atoms with E-state index in [2.05, 4.69) is 43.0 Å². The second kappa shape index (κ2) is 21.4. The number of amides is 1. The van der Waals surface area contributed by atoms with Crippen LogP contribution in [-0.2, 0) is 19.0 Å². The van der Waals surface area contributed by atoms with Crippen LogP contribution in [0.15, 0.2) is 102 Å². The van der Waals surface area contributed by atoms with Crippen LogP contribution in [0, 0.1) is 17.8 Å². The number of nitrogens with zero attached hydrogens (tertiary/aromatic N) is 2. The fourth-order valence-electron chi connectivity index (χ4n) is 9.93. The van der Waals surface area contributed by atoms with Crippen molar-refractivity contribution in [1.82, 2.24) is 4.90 Å². The van der Waals surface area contributed by atoms with Crippen molar-refractivity contribution in [3.05, 3.63) is 103 Å². The van der Waals surface area contributed by atoms with Gasteiger partial charge in [0.05, 0.1) is 31.5 Å². The number of aliphatic hydroxyl groups is 2. The first-order chi connectivity index (χ1) is 29.9. The van der Waals surface area contributed by atoms with Crippen molar-refractivity contribution >= 4 is 11.8 Å². The molecular weight excluding hydrogens is 773 g/mol. The predicted molar refractivity (Wildman–Crippen MR) is 236 cm³/mol. The van der Waals surface area contributed by atoms with Crippen LogP contribution < -0.4 is 9.47 Å². The van der Waals surface area contributed by atoms with Gasteiger partial charge >= 0.3 is 6.09 Å². The lowest BCUT2D eigenvalue weighted by Crippen LogP contribution is -2.70. The highest BCUT2D eigenvalue weighted by Crippen LogP contribution is 2.62. The highest BCUT2D eigenvalue weighted by atomic mass is 16.8. The van der Waals surface area contributed by atoms with Gasteiger partial charge in [-0.3, -0.25) is 4.90 Å². The maximum Gasteiger partial charge on any atom is 0.410 e. The number of fused-ring (bicyclic) bond motifs is 2. The minimum Gasteiger partial charge on any atom is -0.459 e. The largest absolute Gasteiger partial charge is 0.459 e. The summed E-state index contributed by atoms with van der Waals surface area (Å²) in [6, 6.07) is 23.7. The number of oxime groups is 1. The Bertz CT molecular complexity index is 1950. The van der Waals surface area contributed by atoms with Crippen molar-refractivity contribution in [2.24, 2.45) is 22.9 Å². The number of ether oxygens (including phenoxy) is 5. The van der Waals surface area contributed by atoms with Gasteiger partial charge in [0.15, 0.2) is 0 Å². The van der Waals surface area contributed by atoms with E-state index in [0.29, 0.717) is 56.1 Å². The molecule has 11 nitrogen and oxygen atoms in total. The molecule has 61 heavy (non-hydrogen) atoms. The molecule has 7 rings (SSSR count). The third kappa shape index (κ3) is 10.0. The molecule has 2 aliphatic carbocycles. The van der Waals surface area contributed by atoms with E-state index in [4.69, 9.17) is 33.7 Å². The number of rotatable bonds is 20. The van der Waals surface area contributed by atoms with Crippen molar-refractivity contribution in [2.45, 2.75) is 109 Å². The smallest absolute Gasteiger partial charge is 0.410 e. The van der Waals surface area contributed by atoms with Gasteiger partial charge in [-0.25, -0.2) is 4.79 Å². The Morgan fingerprint density at radius 3 is 2.41 bits per heavy atom. The molecule has 11 heteroatoms. The zero-order chi connectivity index (χ0) is 42.6. The Morgan fingerprint density at radius 1 is 0.951 bits per heavy atom. The number of hydrogen-bond donors (Lipinski definition) is 2. The summed E-state index contributed by atoms with van der Waals surface area (Å²) in [5.74, 6) is 0.260. The zero-order valence-electron chi connectivity index (χ0n) is 35.9. The van der Waals surface area contributed by atoms with Crippen LogP contribution in [0.4, 0.5) is 4.79 Å². The van der Waals surface area contributed by atoms with Gasteiger partial charge in [-0.2, -0.15) is 0 Å². The number of carbonyl (C=O) groups excluding carboxylic acids is 1. The number of unbranched alkanes of at least 4 members (excludes halogenated alkanes) is 2. The van der Waals surface area contributed by atoms with Crippen LogP contribution >= 0.6 is 0 Å². The minimum absolute atomic E-state index is 0.0820. The van der Waals surface area contributed by atoms with E-state index in [1.54, 1.807) is 11.0 Å². The molecule has 1 saturated heterocycles. The van der Waals surface area contributed by atoms with Gasteiger partial charge in [-0.05, 0) is 111 Å². The quantitative estimate of drug-likeness (QED) is 0.0649. The molecule has 0 bridgehead atoms. The van der Waals surface area contributed by atoms with E-state index < -0.39 is 30.1 Å². The molecule has 0 radical (unpaired) electrons. The summed E-state index contributed by atoms with van der Waals surface area (Å²) in [6.07, 6.45) is 11.6. The fraction of sp³-hybridized carbons (Fsp3) is 0.520. The monoisotopic (exact) mass is 836 g/mol. The Hall–Kier alpha value is -4.68.